The van der Waals surface area contributed by atoms with Gasteiger partial charge in [0.25, 0.3) is 0 Å². The first-order valence-electron chi connectivity index (χ1n) is 13.2. The summed E-state index contributed by atoms with van der Waals surface area (Å²) in [5, 5.41) is 19.0. The van der Waals surface area contributed by atoms with Crippen LogP contribution in [0.25, 0.3) is 0 Å². The van der Waals surface area contributed by atoms with E-state index in [1.54, 1.807) is 0 Å². The zero-order valence-corrected chi connectivity index (χ0v) is 21.1. The van der Waals surface area contributed by atoms with E-state index < -0.39 is 0 Å². The summed E-state index contributed by atoms with van der Waals surface area (Å²) in [4.78, 5) is 26.6. The van der Waals surface area contributed by atoms with Crippen LogP contribution in [0.1, 0.15) is 85.5 Å². The largest absolute Gasteiger partial charge is 0.309 e. The van der Waals surface area contributed by atoms with E-state index in [0.29, 0.717) is 17.6 Å². The van der Waals surface area contributed by atoms with Crippen molar-refractivity contribution in [3.8, 4) is 0 Å². The molecule has 5 aliphatic carbocycles. The summed E-state index contributed by atoms with van der Waals surface area (Å²) in [6, 6.07) is 0. The lowest BCUT2D eigenvalue weighted by molar-refractivity contribution is -0.168. The van der Waals surface area contributed by atoms with Gasteiger partial charge in [0.2, 0.25) is 5.91 Å². The number of nitrogens with one attached hydrogen (secondary N) is 1. The van der Waals surface area contributed by atoms with Crippen molar-refractivity contribution in [2.45, 2.75) is 85.5 Å². The molecule has 0 saturated heterocycles. The molecule has 5 rings (SSSR count). The van der Waals surface area contributed by atoms with Gasteiger partial charge in [-0.15, -0.1) is 0 Å². The fraction of sp³-hybridized carbons (Fsp3) is 0.821. The minimum Gasteiger partial charge on any atom is -0.309 e. The third-order valence-corrected chi connectivity index (χ3v) is 11.5. The molecule has 1 amide bonds. The Hall–Kier alpha value is -1.49. The number of amides is 1. The molecule has 9 atom stereocenters. The molecule has 5 heteroatoms. The van der Waals surface area contributed by atoms with Crippen LogP contribution in [0.5, 0.6) is 0 Å². The van der Waals surface area contributed by atoms with Crippen molar-refractivity contribution in [1.82, 2.24) is 5.06 Å². The summed E-state index contributed by atoms with van der Waals surface area (Å²) in [7, 11) is 1.43. The summed E-state index contributed by atoms with van der Waals surface area (Å²) in [5.41, 5.74) is 2.29. The van der Waals surface area contributed by atoms with E-state index in [1.807, 2.05) is 6.08 Å². The summed E-state index contributed by atoms with van der Waals surface area (Å²) in [6.45, 7) is 9.34. The summed E-state index contributed by atoms with van der Waals surface area (Å²) >= 11 is 0. The first-order valence-corrected chi connectivity index (χ1v) is 13.2. The van der Waals surface area contributed by atoms with Crippen LogP contribution < -0.4 is 0 Å². The molecule has 4 saturated carbocycles. The highest BCUT2D eigenvalue weighted by atomic mass is 16.5. The summed E-state index contributed by atoms with van der Waals surface area (Å²) in [6.07, 6.45) is 10.9. The molecular weight excluding hydrogens is 412 g/mol. The van der Waals surface area contributed by atoms with Crippen molar-refractivity contribution in [3.05, 3.63) is 11.6 Å². The third kappa shape index (κ3) is 3.17. The molecule has 0 aromatic heterocycles. The van der Waals surface area contributed by atoms with E-state index in [0.717, 1.165) is 68.6 Å². The molecule has 5 nitrogen and oxygen atoms in total. The summed E-state index contributed by atoms with van der Waals surface area (Å²) < 4.78 is 0. The highest BCUT2D eigenvalue weighted by molar-refractivity contribution is 5.96. The Morgan fingerprint density at radius 1 is 1.06 bits per heavy atom. The summed E-state index contributed by atoms with van der Waals surface area (Å²) in [5.74, 6) is 1.39. The van der Waals surface area contributed by atoms with Gasteiger partial charge in [-0.05, 0) is 104 Å². The van der Waals surface area contributed by atoms with E-state index in [1.165, 1.54) is 12.6 Å². The van der Waals surface area contributed by atoms with E-state index in [9.17, 15) is 14.8 Å². The monoisotopic (exact) mass is 454 g/mol. The van der Waals surface area contributed by atoms with Gasteiger partial charge in [-0.25, -0.2) is 5.06 Å². The number of ketones is 1. The molecule has 0 radical (unpaired) electrons. The van der Waals surface area contributed by atoms with Crippen molar-refractivity contribution < 1.29 is 14.8 Å². The molecule has 0 aromatic carbocycles. The van der Waals surface area contributed by atoms with Gasteiger partial charge in [0.05, 0.1) is 0 Å². The first-order chi connectivity index (χ1) is 15.4. The molecule has 4 fully saturated rings. The lowest BCUT2D eigenvalue weighted by Gasteiger charge is -2.65. The zero-order chi connectivity index (χ0) is 23.9. The Balaban J connectivity index is 1.53. The second-order valence-corrected chi connectivity index (χ2v) is 13.1. The van der Waals surface area contributed by atoms with Crippen molar-refractivity contribution in [2.75, 3.05) is 7.05 Å². The number of hydroxylamine groups is 2. The predicted octanol–water partition coefficient (Wildman–Crippen LogP) is 5.66. The van der Waals surface area contributed by atoms with Crippen LogP contribution in [0.4, 0.5) is 0 Å². The van der Waals surface area contributed by atoms with Crippen LogP contribution in [-0.2, 0) is 9.59 Å². The van der Waals surface area contributed by atoms with Crippen molar-refractivity contribution >= 4 is 17.4 Å². The molecule has 5 aliphatic rings. The predicted molar refractivity (Wildman–Crippen MR) is 128 cm³/mol. The highest BCUT2D eigenvalue weighted by Crippen LogP contribution is 2.69. The number of hydrogen-bond donors (Lipinski definition) is 2. The fourth-order valence-electron chi connectivity index (χ4n) is 9.69. The van der Waals surface area contributed by atoms with E-state index in [2.05, 4.69) is 27.7 Å². The Labute approximate surface area is 198 Å². The average Bonchev–Trinajstić information content (AvgIpc) is 2.75. The van der Waals surface area contributed by atoms with Crippen LogP contribution in [0, 0.1) is 57.2 Å². The lowest BCUT2D eigenvalue weighted by Crippen LogP contribution is -2.61. The fourth-order valence-corrected chi connectivity index (χ4v) is 9.69. The SMILES string of the molecule is CC1C(=N)CCC2(C)C1CCC1(C)C3CCC4(C)CCC(C(=O)N(C)O)CC4C3=CC(=O)C12. The van der Waals surface area contributed by atoms with Gasteiger partial charge in [-0.1, -0.05) is 33.3 Å². The van der Waals surface area contributed by atoms with Gasteiger partial charge in [-0.3, -0.25) is 14.8 Å². The molecule has 0 heterocycles. The maximum absolute atomic E-state index is 14.0. The Kier molecular flexibility index (Phi) is 5.29. The Morgan fingerprint density at radius 2 is 1.76 bits per heavy atom. The lowest BCUT2D eigenvalue weighted by atomic mass is 9.38. The normalized spacial score (nSPS) is 49.2. The van der Waals surface area contributed by atoms with Gasteiger partial charge in [0.1, 0.15) is 0 Å². The first kappa shape index (κ1) is 23.3. The maximum atomic E-state index is 14.0. The molecule has 33 heavy (non-hydrogen) atoms. The molecule has 0 bridgehead atoms. The molecule has 182 valence electrons. The quantitative estimate of drug-likeness (QED) is 0.396. The highest BCUT2D eigenvalue weighted by Gasteiger charge is 2.64. The van der Waals surface area contributed by atoms with Gasteiger partial charge in [0.15, 0.2) is 5.78 Å². The number of fused-ring (bicyclic) bond motifs is 7. The standard InChI is InChI=1S/C28H42N2O3/c1-16-19-8-12-28(4)20-7-11-26(2)10-6-17(25(32)30(5)33)14-21(26)18(20)15-23(31)24(28)27(19,3)13-9-22(16)29/h15-17,19-21,24,29,33H,6-14H2,1-5H3. The average molecular weight is 455 g/mol. The molecule has 9 unspecified atom stereocenters. The molecule has 2 N–H and O–H groups in total. The number of allylic oxidation sites excluding steroid dienone is 2. The zero-order valence-electron chi connectivity index (χ0n) is 21.1. The number of carbonyl (C=O) groups excluding carboxylic acids is 2. The van der Waals surface area contributed by atoms with Crippen LogP contribution in [-0.4, -0.2) is 34.7 Å². The minimum absolute atomic E-state index is 0.0263. The van der Waals surface area contributed by atoms with Crippen molar-refractivity contribution in [1.29, 1.82) is 5.41 Å². The molecule has 0 aromatic rings. The van der Waals surface area contributed by atoms with E-state index in [4.69, 9.17) is 5.41 Å². The van der Waals surface area contributed by atoms with Crippen molar-refractivity contribution in [2.24, 2.45) is 51.8 Å². The maximum Gasteiger partial charge on any atom is 0.248 e. The second kappa shape index (κ2) is 7.50. The molecule has 0 aliphatic heterocycles. The third-order valence-electron chi connectivity index (χ3n) is 11.5. The second-order valence-electron chi connectivity index (χ2n) is 13.1. The van der Waals surface area contributed by atoms with Gasteiger partial charge < -0.3 is 5.41 Å². The molecule has 0 spiro atoms. The number of rotatable bonds is 1. The van der Waals surface area contributed by atoms with Gasteiger partial charge >= 0.3 is 0 Å². The Morgan fingerprint density at radius 3 is 2.45 bits per heavy atom. The van der Waals surface area contributed by atoms with Gasteiger partial charge in [-0.2, -0.15) is 0 Å². The number of carbonyl (C=O) groups is 2. The van der Waals surface area contributed by atoms with Gasteiger partial charge in [0, 0.05) is 24.6 Å². The van der Waals surface area contributed by atoms with E-state index in [-0.39, 0.29) is 45.8 Å². The van der Waals surface area contributed by atoms with Crippen LogP contribution in [0.2, 0.25) is 0 Å². The molecular formula is C28H42N2O3. The van der Waals surface area contributed by atoms with Crippen LogP contribution >= 0.6 is 0 Å². The number of hydrogen-bond acceptors (Lipinski definition) is 4. The van der Waals surface area contributed by atoms with Crippen LogP contribution in [0.3, 0.4) is 0 Å². The smallest absolute Gasteiger partial charge is 0.248 e. The minimum atomic E-state index is -0.183. The number of nitrogens with zero attached hydrogens (tertiary/aromatic N) is 1. The van der Waals surface area contributed by atoms with Crippen molar-refractivity contribution in [3.63, 3.8) is 0 Å². The topological polar surface area (TPSA) is 81.5 Å². The van der Waals surface area contributed by atoms with E-state index >= 15 is 0 Å². The Bertz CT molecular complexity index is 924. The van der Waals surface area contributed by atoms with Crippen LogP contribution in [0.15, 0.2) is 11.6 Å².